The molecule has 1 heterocycles. The van der Waals surface area contributed by atoms with Crippen LogP contribution < -0.4 is 0 Å². The van der Waals surface area contributed by atoms with Gasteiger partial charge in [0.05, 0.1) is 5.69 Å². The number of rotatable bonds is 2. The minimum absolute atomic E-state index is 0.257. The standard InChI is InChI=1S/C16H14FN3/c1-11-5-3-4-6-15(11)20-16(18-12(2)19-20)13-7-9-14(17)10-8-13/h3-10H,1-2H3. The molecule has 0 saturated heterocycles. The molecule has 0 amide bonds. The number of nitrogens with zero attached hydrogens (tertiary/aromatic N) is 3. The Labute approximate surface area is 116 Å². The molecule has 0 saturated carbocycles. The van der Waals surface area contributed by atoms with Crippen molar-refractivity contribution in [3.05, 3.63) is 65.7 Å². The quantitative estimate of drug-likeness (QED) is 0.709. The van der Waals surface area contributed by atoms with E-state index in [1.54, 1.807) is 16.8 Å². The number of aryl methyl sites for hydroxylation is 2. The highest BCUT2D eigenvalue weighted by molar-refractivity contribution is 5.58. The first kappa shape index (κ1) is 12.5. The average Bonchev–Trinajstić information content (AvgIpc) is 2.82. The molecule has 0 bridgehead atoms. The van der Waals surface area contributed by atoms with E-state index in [2.05, 4.69) is 10.1 Å². The summed E-state index contributed by atoms with van der Waals surface area (Å²) >= 11 is 0. The lowest BCUT2D eigenvalue weighted by Gasteiger charge is -2.08. The summed E-state index contributed by atoms with van der Waals surface area (Å²) < 4.78 is 14.9. The Morgan fingerprint density at radius 2 is 1.65 bits per heavy atom. The third kappa shape index (κ3) is 2.20. The van der Waals surface area contributed by atoms with Gasteiger partial charge in [-0.15, -0.1) is 0 Å². The van der Waals surface area contributed by atoms with Crippen molar-refractivity contribution in [2.24, 2.45) is 0 Å². The smallest absolute Gasteiger partial charge is 0.163 e. The molecule has 2 aromatic carbocycles. The molecule has 1 aromatic heterocycles. The van der Waals surface area contributed by atoms with Crippen LogP contribution in [0.2, 0.25) is 0 Å². The zero-order valence-corrected chi connectivity index (χ0v) is 11.3. The van der Waals surface area contributed by atoms with E-state index in [0.29, 0.717) is 5.82 Å². The van der Waals surface area contributed by atoms with Gasteiger partial charge in [-0.1, -0.05) is 18.2 Å². The van der Waals surface area contributed by atoms with Crippen molar-refractivity contribution in [1.29, 1.82) is 0 Å². The van der Waals surface area contributed by atoms with E-state index >= 15 is 0 Å². The third-order valence-electron chi connectivity index (χ3n) is 3.16. The average molecular weight is 267 g/mol. The Morgan fingerprint density at radius 1 is 0.950 bits per heavy atom. The zero-order chi connectivity index (χ0) is 14.1. The molecular formula is C16H14FN3. The number of benzene rings is 2. The van der Waals surface area contributed by atoms with E-state index < -0.39 is 0 Å². The summed E-state index contributed by atoms with van der Waals surface area (Å²) in [6, 6.07) is 14.3. The first-order chi connectivity index (χ1) is 9.65. The van der Waals surface area contributed by atoms with Gasteiger partial charge in [0.15, 0.2) is 5.82 Å². The summed E-state index contributed by atoms with van der Waals surface area (Å²) in [6.45, 7) is 3.88. The fourth-order valence-corrected chi connectivity index (χ4v) is 2.17. The summed E-state index contributed by atoms with van der Waals surface area (Å²) in [5.41, 5.74) is 2.93. The molecule has 0 atom stereocenters. The first-order valence-corrected chi connectivity index (χ1v) is 6.41. The minimum atomic E-state index is -0.257. The lowest BCUT2D eigenvalue weighted by Crippen LogP contribution is -2.01. The van der Waals surface area contributed by atoms with E-state index in [4.69, 9.17) is 0 Å². The fraction of sp³-hybridized carbons (Fsp3) is 0.125. The molecule has 0 aliphatic heterocycles. The Bertz CT molecular complexity index is 745. The van der Waals surface area contributed by atoms with Crippen LogP contribution in [0.25, 0.3) is 17.1 Å². The van der Waals surface area contributed by atoms with E-state index in [1.165, 1.54) is 12.1 Å². The van der Waals surface area contributed by atoms with Crippen molar-refractivity contribution < 1.29 is 4.39 Å². The maximum absolute atomic E-state index is 13.1. The molecule has 0 N–H and O–H groups in total. The predicted molar refractivity (Wildman–Crippen MR) is 76.2 cm³/mol. The van der Waals surface area contributed by atoms with Crippen LogP contribution in [0.5, 0.6) is 0 Å². The maximum atomic E-state index is 13.1. The van der Waals surface area contributed by atoms with Crippen LogP contribution in [0.4, 0.5) is 4.39 Å². The normalized spacial score (nSPS) is 10.8. The van der Waals surface area contributed by atoms with E-state index in [1.807, 2.05) is 38.1 Å². The number of para-hydroxylation sites is 1. The molecule has 100 valence electrons. The Kier molecular flexibility index (Phi) is 3.06. The van der Waals surface area contributed by atoms with E-state index in [-0.39, 0.29) is 5.82 Å². The lowest BCUT2D eigenvalue weighted by molar-refractivity contribution is 0.628. The van der Waals surface area contributed by atoms with Gasteiger partial charge >= 0.3 is 0 Å². The van der Waals surface area contributed by atoms with Gasteiger partial charge in [0.2, 0.25) is 0 Å². The van der Waals surface area contributed by atoms with E-state index in [9.17, 15) is 4.39 Å². The Hall–Kier alpha value is -2.49. The summed E-state index contributed by atoms with van der Waals surface area (Å²) in [5.74, 6) is 1.15. The second kappa shape index (κ2) is 4.89. The molecule has 4 heteroatoms. The molecular weight excluding hydrogens is 253 g/mol. The van der Waals surface area contributed by atoms with Gasteiger partial charge < -0.3 is 0 Å². The van der Waals surface area contributed by atoms with Crippen LogP contribution in [0.15, 0.2) is 48.5 Å². The molecule has 0 aliphatic rings. The summed E-state index contributed by atoms with van der Waals surface area (Å²) in [4.78, 5) is 4.46. The largest absolute Gasteiger partial charge is 0.213 e. The summed E-state index contributed by atoms with van der Waals surface area (Å²) in [6.07, 6.45) is 0. The van der Waals surface area contributed by atoms with Crippen molar-refractivity contribution in [2.75, 3.05) is 0 Å². The highest BCUT2D eigenvalue weighted by atomic mass is 19.1. The lowest BCUT2D eigenvalue weighted by atomic mass is 10.1. The summed E-state index contributed by atoms with van der Waals surface area (Å²) in [7, 11) is 0. The predicted octanol–water partition coefficient (Wildman–Crippen LogP) is 3.69. The molecule has 0 radical (unpaired) electrons. The van der Waals surface area contributed by atoms with Crippen LogP contribution in [0, 0.1) is 19.7 Å². The highest BCUT2D eigenvalue weighted by Gasteiger charge is 2.12. The van der Waals surface area contributed by atoms with Crippen LogP contribution in [0.1, 0.15) is 11.4 Å². The van der Waals surface area contributed by atoms with Crippen LogP contribution in [0.3, 0.4) is 0 Å². The van der Waals surface area contributed by atoms with E-state index in [0.717, 1.165) is 22.6 Å². The molecule has 3 nitrogen and oxygen atoms in total. The van der Waals surface area contributed by atoms with Crippen molar-refractivity contribution in [3.63, 3.8) is 0 Å². The van der Waals surface area contributed by atoms with Crippen LogP contribution >= 0.6 is 0 Å². The molecule has 0 aliphatic carbocycles. The van der Waals surface area contributed by atoms with Crippen molar-refractivity contribution in [2.45, 2.75) is 13.8 Å². The summed E-state index contributed by atoms with van der Waals surface area (Å²) in [5, 5.41) is 4.45. The number of hydrogen-bond acceptors (Lipinski definition) is 2. The van der Waals surface area contributed by atoms with Gasteiger partial charge in [0, 0.05) is 5.56 Å². The van der Waals surface area contributed by atoms with Crippen molar-refractivity contribution in [3.8, 4) is 17.1 Å². The van der Waals surface area contributed by atoms with Gasteiger partial charge in [-0.05, 0) is 49.7 Å². The fourth-order valence-electron chi connectivity index (χ4n) is 2.17. The van der Waals surface area contributed by atoms with Gasteiger partial charge in [-0.2, -0.15) is 5.10 Å². The van der Waals surface area contributed by atoms with Crippen molar-refractivity contribution in [1.82, 2.24) is 14.8 Å². The van der Waals surface area contributed by atoms with Crippen LogP contribution in [-0.4, -0.2) is 14.8 Å². The molecule has 20 heavy (non-hydrogen) atoms. The van der Waals surface area contributed by atoms with Gasteiger partial charge in [-0.3, -0.25) is 0 Å². The molecule has 0 spiro atoms. The van der Waals surface area contributed by atoms with Gasteiger partial charge in [0.1, 0.15) is 11.6 Å². The maximum Gasteiger partial charge on any atom is 0.163 e. The van der Waals surface area contributed by atoms with Crippen molar-refractivity contribution >= 4 is 0 Å². The zero-order valence-electron chi connectivity index (χ0n) is 11.3. The SMILES string of the molecule is Cc1nc(-c2ccc(F)cc2)n(-c2ccccc2C)n1. The monoisotopic (exact) mass is 267 g/mol. The molecule has 3 rings (SSSR count). The minimum Gasteiger partial charge on any atom is -0.213 e. The highest BCUT2D eigenvalue weighted by Crippen LogP contribution is 2.23. The number of hydrogen-bond donors (Lipinski definition) is 0. The van der Waals surface area contributed by atoms with Crippen LogP contribution in [-0.2, 0) is 0 Å². The topological polar surface area (TPSA) is 30.7 Å². The van der Waals surface area contributed by atoms with Gasteiger partial charge in [0.25, 0.3) is 0 Å². The molecule has 0 unspecified atom stereocenters. The Balaban J connectivity index is 2.18. The van der Waals surface area contributed by atoms with Gasteiger partial charge in [-0.25, -0.2) is 14.1 Å². The number of halogens is 1. The Morgan fingerprint density at radius 3 is 2.35 bits per heavy atom. The molecule has 0 fully saturated rings. The number of aromatic nitrogens is 3. The second-order valence-corrected chi connectivity index (χ2v) is 4.69. The molecule has 3 aromatic rings. The third-order valence-corrected chi connectivity index (χ3v) is 3.16. The second-order valence-electron chi connectivity index (χ2n) is 4.69. The first-order valence-electron chi connectivity index (χ1n) is 6.41.